The van der Waals surface area contributed by atoms with Crippen molar-refractivity contribution < 1.29 is 33.4 Å². The number of hydrogen-bond acceptors (Lipinski definition) is 5. The summed E-state index contributed by atoms with van der Waals surface area (Å²) in [6.07, 6.45) is 1.38. The van der Waals surface area contributed by atoms with Crippen molar-refractivity contribution in [2.45, 2.75) is 32.2 Å². The summed E-state index contributed by atoms with van der Waals surface area (Å²) >= 11 is 0. The van der Waals surface area contributed by atoms with Crippen LogP contribution in [0, 0.1) is 5.82 Å². The van der Waals surface area contributed by atoms with E-state index in [0.29, 0.717) is 36.4 Å². The number of amides is 3. The zero-order valence-electron chi connectivity index (χ0n) is 19.9. The predicted octanol–water partition coefficient (Wildman–Crippen LogP) is 4.44. The van der Waals surface area contributed by atoms with Crippen LogP contribution in [-0.4, -0.2) is 40.3 Å². The minimum atomic E-state index is -0.828. The van der Waals surface area contributed by atoms with Gasteiger partial charge in [0.2, 0.25) is 5.91 Å². The number of fused-ring (bicyclic) bond motifs is 1. The molecule has 3 amide bonds. The van der Waals surface area contributed by atoms with Gasteiger partial charge in [-0.15, -0.1) is 0 Å². The number of halogens is 1. The molecule has 37 heavy (non-hydrogen) atoms. The van der Waals surface area contributed by atoms with E-state index in [1.807, 2.05) is 0 Å². The van der Waals surface area contributed by atoms with Gasteiger partial charge in [0.1, 0.15) is 11.6 Å². The third-order valence-corrected chi connectivity index (χ3v) is 5.83. The Balaban J connectivity index is 1.32. The quantitative estimate of drug-likeness (QED) is 0.295. The van der Waals surface area contributed by atoms with E-state index in [-0.39, 0.29) is 36.4 Å². The van der Waals surface area contributed by atoms with Crippen LogP contribution < -0.4 is 10.1 Å². The molecule has 0 radical (unpaired) electrons. The van der Waals surface area contributed by atoms with Crippen LogP contribution in [0.15, 0.2) is 66.7 Å². The number of imide groups is 1. The van der Waals surface area contributed by atoms with Crippen molar-refractivity contribution in [2.24, 2.45) is 0 Å². The summed E-state index contributed by atoms with van der Waals surface area (Å²) in [7, 11) is 0. The van der Waals surface area contributed by atoms with Crippen LogP contribution >= 0.6 is 0 Å². The average Bonchev–Trinajstić information content (AvgIpc) is 3.09. The van der Waals surface area contributed by atoms with E-state index in [1.54, 1.807) is 36.4 Å². The maximum Gasteiger partial charge on any atom is 0.303 e. The first kappa shape index (κ1) is 25.6. The highest BCUT2D eigenvalue weighted by atomic mass is 19.1. The van der Waals surface area contributed by atoms with Gasteiger partial charge in [0, 0.05) is 12.1 Å². The number of anilines is 1. The molecule has 4 rings (SSSR count). The van der Waals surface area contributed by atoms with E-state index in [9.17, 15) is 23.6 Å². The summed E-state index contributed by atoms with van der Waals surface area (Å²) < 4.78 is 19.1. The lowest BCUT2D eigenvalue weighted by Crippen LogP contribution is -2.29. The molecular weight excluding hydrogens is 479 g/mol. The Morgan fingerprint density at radius 3 is 2.38 bits per heavy atom. The lowest BCUT2D eigenvalue weighted by atomic mass is 10.1. The molecule has 1 aliphatic rings. The molecule has 1 heterocycles. The Morgan fingerprint density at radius 2 is 1.65 bits per heavy atom. The van der Waals surface area contributed by atoms with Crippen LogP contribution in [0.5, 0.6) is 5.75 Å². The van der Waals surface area contributed by atoms with Crippen molar-refractivity contribution in [3.05, 3.63) is 94.8 Å². The molecule has 0 fully saturated rings. The first-order valence-corrected chi connectivity index (χ1v) is 11.8. The number of nitrogens with one attached hydrogen (secondary N) is 1. The van der Waals surface area contributed by atoms with Gasteiger partial charge in [-0.3, -0.25) is 24.1 Å². The standard InChI is InChI=1S/C28H25FN2O6/c29-20-5-3-4-19(14-20)17-31-27(35)23-12-9-21(16-24(23)28(31)36)30-25(32)15-18-7-10-22(11-8-18)37-13-2-1-6-26(33)34/h3-5,7-12,14,16H,1-2,6,13,15,17H2,(H,30,32)(H,33,34). The fourth-order valence-electron chi connectivity index (χ4n) is 3.99. The number of aliphatic carboxylic acids is 1. The molecule has 0 saturated carbocycles. The highest BCUT2D eigenvalue weighted by Gasteiger charge is 2.35. The Kier molecular flexibility index (Phi) is 7.92. The van der Waals surface area contributed by atoms with Crippen LogP contribution in [0.4, 0.5) is 10.1 Å². The largest absolute Gasteiger partial charge is 0.494 e. The topological polar surface area (TPSA) is 113 Å². The molecule has 3 aromatic carbocycles. The maximum atomic E-state index is 13.5. The first-order chi connectivity index (χ1) is 17.8. The molecule has 190 valence electrons. The summed E-state index contributed by atoms with van der Waals surface area (Å²) in [5, 5.41) is 11.4. The number of carbonyl (C=O) groups excluding carboxylic acids is 3. The number of nitrogens with zero attached hydrogens (tertiary/aromatic N) is 1. The summed E-state index contributed by atoms with van der Waals surface area (Å²) in [4.78, 5) is 49.7. The molecule has 3 aromatic rings. The Labute approximate surface area is 212 Å². The van der Waals surface area contributed by atoms with E-state index < -0.39 is 23.6 Å². The fourth-order valence-corrected chi connectivity index (χ4v) is 3.99. The number of carboxylic acid groups (broad SMARTS) is 1. The Hall–Kier alpha value is -4.53. The predicted molar refractivity (Wildman–Crippen MR) is 133 cm³/mol. The van der Waals surface area contributed by atoms with Gasteiger partial charge in [-0.25, -0.2) is 4.39 Å². The van der Waals surface area contributed by atoms with E-state index in [2.05, 4.69) is 5.32 Å². The van der Waals surface area contributed by atoms with Gasteiger partial charge in [-0.2, -0.15) is 0 Å². The van der Waals surface area contributed by atoms with Gasteiger partial charge in [0.05, 0.1) is 30.7 Å². The zero-order valence-corrected chi connectivity index (χ0v) is 19.9. The first-order valence-electron chi connectivity index (χ1n) is 11.8. The second-order valence-corrected chi connectivity index (χ2v) is 8.65. The molecule has 0 bridgehead atoms. The third-order valence-electron chi connectivity index (χ3n) is 5.83. The monoisotopic (exact) mass is 504 g/mol. The number of hydrogen-bond donors (Lipinski definition) is 2. The molecule has 0 saturated heterocycles. The summed E-state index contributed by atoms with van der Waals surface area (Å²) in [6.45, 7) is 0.361. The molecule has 0 aliphatic carbocycles. The van der Waals surface area contributed by atoms with E-state index in [4.69, 9.17) is 9.84 Å². The fraction of sp³-hybridized carbons (Fsp3) is 0.214. The molecule has 0 spiro atoms. The zero-order chi connectivity index (χ0) is 26.4. The maximum absolute atomic E-state index is 13.5. The number of rotatable bonds is 11. The summed E-state index contributed by atoms with van der Waals surface area (Å²) in [6, 6.07) is 17.3. The molecule has 2 N–H and O–H groups in total. The van der Waals surface area contributed by atoms with Gasteiger partial charge < -0.3 is 15.2 Å². The van der Waals surface area contributed by atoms with Gasteiger partial charge in [-0.05, 0) is 66.4 Å². The number of benzene rings is 3. The van der Waals surface area contributed by atoms with Gasteiger partial charge in [0.15, 0.2) is 0 Å². The number of unbranched alkanes of at least 4 members (excludes halogenated alkanes) is 1. The Bertz CT molecular complexity index is 1340. The van der Waals surface area contributed by atoms with Gasteiger partial charge in [-0.1, -0.05) is 24.3 Å². The average molecular weight is 505 g/mol. The van der Waals surface area contributed by atoms with Crippen LogP contribution in [0.3, 0.4) is 0 Å². The van der Waals surface area contributed by atoms with E-state index in [0.717, 1.165) is 10.5 Å². The highest BCUT2D eigenvalue weighted by molar-refractivity contribution is 6.21. The number of carbonyl (C=O) groups is 4. The normalized spacial score (nSPS) is 12.4. The smallest absolute Gasteiger partial charge is 0.303 e. The summed E-state index contributed by atoms with van der Waals surface area (Å²) in [5.74, 6) is -1.91. The second-order valence-electron chi connectivity index (χ2n) is 8.65. The minimum Gasteiger partial charge on any atom is -0.494 e. The van der Waals surface area contributed by atoms with Crippen LogP contribution in [0.2, 0.25) is 0 Å². The molecular formula is C28H25FN2O6. The van der Waals surface area contributed by atoms with Crippen molar-refractivity contribution >= 4 is 29.4 Å². The molecule has 0 atom stereocenters. The molecule has 0 aromatic heterocycles. The van der Waals surface area contributed by atoms with Crippen LogP contribution in [0.25, 0.3) is 0 Å². The molecule has 8 nitrogen and oxygen atoms in total. The van der Waals surface area contributed by atoms with Gasteiger partial charge in [0.25, 0.3) is 11.8 Å². The van der Waals surface area contributed by atoms with Crippen LogP contribution in [-0.2, 0) is 22.6 Å². The molecule has 1 aliphatic heterocycles. The van der Waals surface area contributed by atoms with E-state index >= 15 is 0 Å². The number of ether oxygens (including phenoxy) is 1. The van der Waals surface area contributed by atoms with E-state index in [1.165, 1.54) is 30.3 Å². The Morgan fingerprint density at radius 1 is 0.892 bits per heavy atom. The number of carboxylic acids is 1. The van der Waals surface area contributed by atoms with Crippen molar-refractivity contribution in [1.82, 2.24) is 4.90 Å². The minimum absolute atomic E-state index is 0.0478. The van der Waals surface area contributed by atoms with Crippen molar-refractivity contribution in [3.8, 4) is 5.75 Å². The second kappa shape index (κ2) is 11.5. The molecule has 9 heteroatoms. The van der Waals surface area contributed by atoms with Crippen LogP contribution in [0.1, 0.15) is 51.1 Å². The SMILES string of the molecule is O=C(O)CCCCOc1ccc(CC(=O)Nc2ccc3c(c2)C(=O)N(Cc2cccc(F)c2)C3=O)cc1. The lowest BCUT2D eigenvalue weighted by Gasteiger charge is -2.13. The highest BCUT2D eigenvalue weighted by Crippen LogP contribution is 2.27. The lowest BCUT2D eigenvalue weighted by molar-refractivity contribution is -0.137. The van der Waals surface area contributed by atoms with Crippen molar-refractivity contribution in [1.29, 1.82) is 0 Å². The third kappa shape index (κ3) is 6.58. The molecule has 0 unspecified atom stereocenters. The van der Waals surface area contributed by atoms with Crippen molar-refractivity contribution in [3.63, 3.8) is 0 Å². The van der Waals surface area contributed by atoms with Crippen molar-refractivity contribution in [2.75, 3.05) is 11.9 Å². The summed E-state index contributed by atoms with van der Waals surface area (Å²) in [5.41, 5.74) is 2.06. The van der Waals surface area contributed by atoms with Gasteiger partial charge >= 0.3 is 5.97 Å².